The van der Waals surface area contributed by atoms with Gasteiger partial charge in [-0.25, -0.2) is 0 Å². The van der Waals surface area contributed by atoms with E-state index in [0.717, 1.165) is 29.3 Å². The molecule has 2 aromatic rings. The van der Waals surface area contributed by atoms with Crippen molar-refractivity contribution >= 4 is 23.0 Å². The van der Waals surface area contributed by atoms with Gasteiger partial charge < -0.3 is 5.32 Å². The number of carbonyl (C=O) groups is 1. The topological polar surface area (TPSA) is 115 Å². The summed E-state index contributed by atoms with van der Waals surface area (Å²) in [7, 11) is 0. The number of nitro groups is 2. The summed E-state index contributed by atoms with van der Waals surface area (Å²) < 4.78 is 0. The molecule has 0 aliphatic heterocycles. The van der Waals surface area contributed by atoms with Crippen molar-refractivity contribution in [3.05, 3.63) is 73.3 Å². The molecule has 2 aromatic carbocycles. The SMILES string of the molecule is CC(C)c1cccc(C(C)C)c1NC(=O)c1cc([N+](=O)[O-])cc([N+](=O)[O-])c1. The summed E-state index contributed by atoms with van der Waals surface area (Å²) in [4.78, 5) is 33.3. The first-order valence-electron chi connectivity index (χ1n) is 8.49. The Morgan fingerprint density at radius 2 is 1.33 bits per heavy atom. The van der Waals surface area contributed by atoms with Crippen LogP contribution in [0.1, 0.15) is 61.0 Å². The quantitative estimate of drug-likeness (QED) is 0.566. The molecule has 8 heteroatoms. The van der Waals surface area contributed by atoms with Crippen LogP contribution >= 0.6 is 0 Å². The Morgan fingerprint density at radius 1 is 0.889 bits per heavy atom. The zero-order valence-electron chi connectivity index (χ0n) is 15.6. The van der Waals surface area contributed by atoms with Crippen LogP contribution in [0.15, 0.2) is 36.4 Å². The van der Waals surface area contributed by atoms with Crippen molar-refractivity contribution in [2.75, 3.05) is 5.32 Å². The Balaban J connectivity index is 2.52. The van der Waals surface area contributed by atoms with Crippen LogP contribution in [0.25, 0.3) is 0 Å². The summed E-state index contributed by atoms with van der Waals surface area (Å²) in [6.07, 6.45) is 0. The van der Waals surface area contributed by atoms with Crippen molar-refractivity contribution in [3.8, 4) is 0 Å². The highest BCUT2D eigenvalue weighted by Gasteiger charge is 2.22. The predicted octanol–water partition coefficient (Wildman–Crippen LogP) is 5.00. The molecule has 0 saturated carbocycles. The molecule has 0 unspecified atom stereocenters. The van der Waals surface area contributed by atoms with E-state index in [-0.39, 0.29) is 17.4 Å². The average Bonchev–Trinajstić information content (AvgIpc) is 2.60. The molecule has 27 heavy (non-hydrogen) atoms. The molecule has 0 aliphatic carbocycles. The van der Waals surface area contributed by atoms with Gasteiger partial charge in [0.1, 0.15) is 0 Å². The first-order chi connectivity index (χ1) is 12.6. The number of nitrogens with zero attached hydrogens (tertiary/aromatic N) is 2. The minimum Gasteiger partial charge on any atom is -0.321 e. The molecule has 0 spiro atoms. The molecule has 0 bridgehead atoms. The summed E-state index contributed by atoms with van der Waals surface area (Å²) >= 11 is 0. The smallest absolute Gasteiger partial charge is 0.277 e. The van der Waals surface area contributed by atoms with Crippen LogP contribution in [0.5, 0.6) is 0 Å². The van der Waals surface area contributed by atoms with Gasteiger partial charge in [0.05, 0.1) is 21.5 Å². The van der Waals surface area contributed by atoms with E-state index in [4.69, 9.17) is 0 Å². The second-order valence-corrected chi connectivity index (χ2v) is 6.83. The molecular formula is C19H21N3O5. The standard InChI is InChI=1S/C19H21N3O5/c1-11(2)16-6-5-7-17(12(3)4)18(16)20-19(23)13-8-14(21(24)25)10-15(9-13)22(26)27/h5-12H,1-4H3,(H,20,23). The molecule has 1 amide bonds. The highest BCUT2D eigenvalue weighted by molar-refractivity contribution is 6.06. The molecule has 8 nitrogen and oxygen atoms in total. The van der Waals surface area contributed by atoms with Crippen molar-refractivity contribution in [2.45, 2.75) is 39.5 Å². The number of benzene rings is 2. The minimum atomic E-state index is -0.759. The van der Waals surface area contributed by atoms with Gasteiger partial charge in [-0.15, -0.1) is 0 Å². The summed E-state index contributed by atoms with van der Waals surface area (Å²) in [6.45, 7) is 7.97. The van der Waals surface area contributed by atoms with Crippen LogP contribution in [-0.2, 0) is 0 Å². The van der Waals surface area contributed by atoms with E-state index in [1.165, 1.54) is 0 Å². The first kappa shape index (κ1) is 20.0. The average molecular weight is 371 g/mol. The first-order valence-corrected chi connectivity index (χ1v) is 8.49. The van der Waals surface area contributed by atoms with Gasteiger partial charge in [-0.3, -0.25) is 25.0 Å². The maximum Gasteiger partial charge on any atom is 0.277 e. The molecule has 0 saturated heterocycles. The zero-order chi connectivity index (χ0) is 20.3. The maximum absolute atomic E-state index is 12.8. The minimum absolute atomic E-state index is 0.135. The van der Waals surface area contributed by atoms with Gasteiger partial charge in [0.2, 0.25) is 0 Å². The summed E-state index contributed by atoms with van der Waals surface area (Å²) in [5.74, 6) is -0.353. The van der Waals surface area contributed by atoms with E-state index in [1.54, 1.807) is 0 Å². The Morgan fingerprint density at radius 3 is 1.70 bits per heavy atom. The van der Waals surface area contributed by atoms with Gasteiger partial charge in [0.25, 0.3) is 17.3 Å². The molecule has 0 fully saturated rings. The van der Waals surface area contributed by atoms with Crippen LogP contribution < -0.4 is 5.32 Å². The fourth-order valence-corrected chi connectivity index (χ4v) is 2.82. The Kier molecular flexibility index (Phi) is 5.89. The fraction of sp³-hybridized carbons (Fsp3) is 0.316. The van der Waals surface area contributed by atoms with Crippen molar-refractivity contribution in [2.24, 2.45) is 0 Å². The lowest BCUT2D eigenvalue weighted by molar-refractivity contribution is -0.394. The van der Waals surface area contributed by atoms with Gasteiger partial charge in [-0.05, 0) is 23.0 Å². The van der Waals surface area contributed by atoms with E-state index in [9.17, 15) is 25.0 Å². The molecule has 0 aliphatic rings. The molecular weight excluding hydrogens is 350 g/mol. The number of anilines is 1. The third kappa shape index (κ3) is 4.46. The number of nitrogens with one attached hydrogen (secondary N) is 1. The number of nitro benzene ring substituents is 2. The monoisotopic (exact) mass is 371 g/mol. The lowest BCUT2D eigenvalue weighted by Gasteiger charge is -2.20. The van der Waals surface area contributed by atoms with Gasteiger partial charge >= 0.3 is 0 Å². The van der Waals surface area contributed by atoms with Gasteiger partial charge in [0, 0.05) is 17.8 Å². The van der Waals surface area contributed by atoms with E-state index in [2.05, 4.69) is 5.32 Å². The maximum atomic E-state index is 12.8. The van der Waals surface area contributed by atoms with Crippen LogP contribution in [-0.4, -0.2) is 15.8 Å². The number of para-hydroxylation sites is 1. The highest BCUT2D eigenvalue weighted by Crippen LogP contribution is 2.33. The lowest BCUT2D eigenvalue weighted by Crippen LogP contribution is -2.16. The van der Waals surface area contributed by atoms with Crippen LogP contribution in [0.2, 0.25) is 0 Å². The van der Waals surface area contributed by atoms with Crippen molar-refractivity contribution in [3.63, 3.8) is 0 Å². The van der Waals surface area contributed by atoms with Gasteiger partial charge in [-0.2, -0.15) is 0 Å². The predicted molar refractivity (Wildman–Crippen MR) is 102 cm³/mol. The molecule has 0 aromatic heterocycles. The third-order valence-corrected chi connectivity index (χ3v) is 4.20. The number of hydrogen-bond acceptors (Lipinski definition) is 5. The van der Waals surface area contributed by atoms with E-state index < -0.39 is 27.1 Å². The molecule has 0 atom stereocenters. The molecule has 2 rings (SSSR count). The molecule has 1 N–H and O–H groups in total. The third-order valence-electron chi connectivity index (χ3n) is 4.20. The summed E-state index contributed by atoms with van der Waals surface area (Å²) in [5.41, 5.74) is 1.35. The van der Waals surface area contributed by atoms with Crippen molar-refractivity contribution in [1.29, 1.82) is 0 Å². The van der Waals surface area contributed by atoms with Crippen LogP contribution in [0, 0.1) is 20.2 Å². The number of hydrogen-bond donors (Lipinski definition) is 1. The molecule has 142 valence electrons. The Labute approximate surface area is 156 Å². The van der Waals surface area contributed by atoms with E-state index in [1.807, 2.05) is 45.9 Å². The van der Waals surface area contributed by atoms with Crippen molar-refractivity contribution < 1.29 is 14.6 Å². The normalized spacial score (nSPS) is 10.9. The number of non-ortho nitro benzene ring substituents is 2. The van der Waals surface area contributed by atoms with E-state index >= 15 is 0 Å². The van der Waals surface area contributed by atoms with Gasteiger partial charge in [-0.1, -0.05) is 45.9 Å². The van der Waals surface area contributed by atoms with Gasteiger partial charge in [0.15, 0.2) is 0 Å². The number of amides is 1. The molecule has 0 heterocycles. The van der Waals surface area contributed by atoms with Crippen molar-refractivity contribution in [1.82, 2.24) is 0 Å². The van der Waals surface area contributed by atoms with E-state index in [0.29, 0.717) is 5.69 Å². The number of carbonyl (C=O) groups excluding carboxylic acids is 1. The Hall–Kier alpha value is -3.29. The second-order valence-electron chi connectivity index (χ2n) is 6.83. The number of rotatable bonds is 6. The highest BCUT2D eigenvalue weighted by atomic mass is 16.6. The Bertz CT molecular complexity index is 848. The van der Waals surface area contributed by atoms with Crippen LogP contribution in [0.4, 0.5) is 17.1 Å². The fourth-order valence-electron chi connectivity index (χ4n) is 2.82. The van der Waals surface area contributed by atoms with Crippen LogP contribution in [0.3, 0.4) is 0 Å². The second kappa shape index (κ2) is 7.94. The molecule has 0 radical (unpaired) electrons. The summed E-state index contributed by atoms with van der Waals surface area (Å²) in [5, 5.41) is 24.9. The largest absolute Gasteiger partial charge is 0.321 e. The zero-order valence-corrected chi connectivity index (χ0v) is 15.6. The summed E-state index contributed by atoms with van der Waals surface area (Å²) in [6, 6.07) is 8.63. The lowest BCUT2D eigenvalue weighted by atomic mass is 9.92.